The van der Waals surface area contributed by atoms with E-state index in [0.717, 1.165) is 5.56 Å². The summed E-state index contributed by atoms with van der Waals surface area (Å²) in [6.07, 6.45) is 1.25. The summed E-state index contributed by atoms with van der Waals surface area (Å²) in [5.41, 5.74) is 2.37. The van der Waals surface area contributed by atoms with Gasteiger partial charge >= 0.3 is 5.97 Å². The van der Waals surface area contributed by atoms with Crippen LogP contribution in [0.3, 0.4) is 0 Å². The highest BCUT2D eigenvalue weighted by Gasteiger charge is 2.33. The van der Waals surface area contributed by atoms with Gasteiger partial charge in [-0.3, -0.25) is 14.5 Å². The molecular weight excluding hydrogens is 449 g/mol. The third kappa shape index (κ3) is 5.27. The van der Waals surface area contributed by atoms with Crippen molar-refractivity contribution in [1.82, 2.24) is 14.8 Å². The van der Waals surface area contributed by atoms with E-state index in [1.54, 1.807) is 50.4 Å². The van der Waals surface area contributed by atoms with Gasteiger partial charge in [-0.05, 0) is 63.6 Å². The molecule has 0 bridgehead atoms. The van der Waals surface area contributed by atoms with Gasteiger partial charge in [-0.2, -0.15) is 0 Å². The number of H-pyrrole nitrogens is 1. The maximum Gasteiger partial charge on any atom is 0.379 e. The standard InChI is InChI=1S/C27H30FN3O4/c1-16(2)35-27(34)25(32)20-7-10-24-22(11-20)23(12-29-24)26(33)31-14-17(3)30(13-18(31)4)15-19-5-8-21(28)9-6-19/h5-12,16-18,29H,13-15H2,1-4H3. The molecule has 0 spiro atoms. The fourth-order valence-electron chi connectivity index (χ4n) is 4.50. The predicted molar refractivity (Wildman–Crippen MR) is 131 cm³/mol. The van der Waals surface area contributed by atoms with Crippen molar-refractivity contribution in [1.29, 1.82) is 0 Å². The minimum Gasteiger partial charge on any atom is -0.457 e. The SMILES string of the molecule is CC(C)OC(=O)C(=O)c1ccc2[nH]cc(C(=O)N3CC(C)N(Cc4ccc(F)cc4)CC3C)c2c1. The van der Waals surface area contributed by atoms with E-state index >= 15 is 0 Å². The van der Waals surface area contributed by atoms with Crippen LogP contribution in [0.4, 0.5) is 4.39 Å². The summed E-state index contributed by atoms with van der Waals surface area (Å²) >= 11 is 0. The highest BCUT2D eigenvalue weighted by molar-refractivity contribution is 6.41. The van der Waals surface area contributed by atoms with Crippen LogP contribution in [0, 0.1) is 5.82 Å². The van der Waals surface area contributed by atoms with Gasteiger partial charge in [0.2, 0.25) is 0 Å². The Morgan fingerprint density at radius 3 is 2.46 bits per heavy atom. The molecule has 1 saturated heterocycles. The third-order valence-electron chi connectivity index (χ3n) is 6.38. The van der Waals surface area contributed by atoms with Crippen LogP contribution in [-0.4, -0.2) is 63.7 Å². The van der Waals surface area contributed by atoms with E-state index in [-0.39, 0.29) is 29.4 Å². The third-order valence-corrected chi connectivity index (χ3v) is 6.38. The van der Waals surface area contributed by atoms with Gasteiger partial charge in [-0.25, -0.2) is 9.18 Å². The van der Waals surface area contributed by atoms with Crippen molar-refractivity contribution in [2.24, 2.45) is 0 Å². The Kier molecular flexibility index (Phi) is 7.03. The fourth-order valence-corrected chi connectivity index (χ4v) is 4.50. The summed E-state index contributed by atoms with van der Waals surface area (Å²) in [6.45, 7) is 9.33. The molecule has 8 heteroatoms. The number of hydrogen-bond donors (Lipinski definition) is 1. The number of ketones is 1. The predicted octanol–water partition coefficient (Wildman–Crippen LogP) is 4.18. The molecule has 35 heavy (non-hydrogen) atoms. The van der Waals surface area contributed by atoms with Gasteiger partial charge in [0.15, 0.2) is 0 Å². The maximum atomic E-state index is 13.6. The van der Waals surface area contributed by atoms with E-state index in [0.29, 0.717) is 36.1 Å². The molecule has 2 unspecified atom stereocenters. The van der Waals surface area contributed by atoms with Crippen molar-refractivity contribution < 1.29 is 23.5 Å². The maximum absolute atomic E-state index is 13.6. The van der Waals surface area contributed by atoms with Crippen molar-refractivity contribution in [2.45, 2.75) is 52.4 Å². The second-order valence-electron chi connectivity index (χ2n) is 9.46. The number of carbonyl (C=O) groups excluding carboxylic acids is 3. The number of rotatable bonds is 6. The van der Waals surface area contributed by atoms with E-state index in [2.05, 4.69) is 16.8 Å². The average Bonchev–Trinajstić information content (AvgIpc) is 3.24. The molecule has 2 aromatic carbocycles. The first kappa shape index (κ1) is 24.6. The Morgan fingerprint density at radius 2 is 1.77 bits per heavy atom. The first-order valence-electron chi connectivity index (χ1n) is 11.8. The van der Waals surface area contributed by atoms with E-state index in [4.69, 9.17) is 4.74 Å². The van der Waals surface area contributed by atoms with Gasteiger partial charge in [-0.15, -0.1) is 0 Å². The molecule has 0 aliphatic carbocycles. The second-order valence-corrected chi connectivity index (χ2v) is 9.46. The first-order valence-corrected chi connectivity index (χ1v) is 11.8. The Labute approximate surface area is 203 Å². The molecule has 184 valence electrons. The molecule has 7 nitrogen and oxygen atoms in total. The number of ether oxygens (including phenoxy) is 1. The molecule has 0 saturated carbocycles. The fraction of sp³-hybridized carbons (Fsp3) is 0.370. The zero-order valence-electron chi connectivity index (χ0n) is 20.4. The topological polar surface area (TPSA) is 82.7 Å². The Balaban J connectivity index is 1.52. The van der Waals surface area contributed by atoms with Crippen LogP contribution in [0.15, 0.2) is 48.7 Å². The minimum absolute atomic E-state index is 0.0464. The van der Waals surface area contributed by atoms with Crippen LogP contribution in [0.2, 0.25) is 0 Å². The van der Waals surface area contributed by atoms with Crippen LogP contribution in [0.25, 0.3) is 10.9 Å². The molecule has 2 atom stereocenters. The normalized spacial score (nSPS) is 18.7. The molecule has 3 aromatic rings. The highest BCUT2D eigenvalue weighted by Crippen LogP contribution is 2.25. The summed E-state index contributed by atoms with van der Waals surface area (Å²) in [4.78, 5) is 45.4. The molecule has 1 N–H and O–H groups in total. The number of hydrogen-bond acceptors (Lipinski definition) is 5. The van der Waals surface area contributed by atoms with E-state index in [1.165, 1.54) is 12.1 Å². The summed E-state index contributed by atoms with van der Waals surface area (Å²) in [7, 11) is 0. The lowest BCUT2D eigenvalue weighted by molar-refractivity contribution is -0.141. The van der Waals surface area contributed by atoms with Crippen molar-refractivity contribution in [3.05, 3.63) is 71.2 Å². The summed E-state index contributed by atoms with van der Waals surface area (Å²) in [5, 5.41) is 0.590. The Hall–Kier alpha value is -3.52. The molecule has 4 rings (SSSR count). The highest BCUT2D eigenvalue weighted by atomic mass is 19.1. The van der Waals surface area contributed by atoms with Crippen LogP contribution >= 0.6 is 0 Å². The van der Waals surface area contributed by atoms with Gasteiger partial charge in [0.25, 0.3) is 11.7 Å². The van der Waals surface area contributed by atoms with E-state index in [9.17, 15) is 18.8 Å². The van der Waals surface area contributed by atoms with Crippen molar-refractivity contribution in [3.63, 3.8) is 0 Å². The molecule has 1 fully saturated rings. The van der Waals surface area contributed by atoms with Crippen LogP contribution in [-0.2, 0) is 16.1 Å². The zero-order valence-corrected chi connectivity index (χ0v) is 20.4. The van der Waals surface area contributed by atoms with Crippen LogP contribution in [0.5, 0.6) is 0 Å². The molecule has 1 aromatic heterocycles. The van der Waals surface area contributed by atoms with E-state index in [1.807, 2.05) is 11.8 Å². The number of aromatic nitrogens is 1. The quantitative estimate of drug-likeness (QED) is 0.326. The average molecular weight is 480 g/mol. The number of aromatic amines is 1. The number of nitrogens with zero attached hydrogens (tertiary/aromatic N) is 2. The van der Waals surface area contributed by atoms with E-state index < -0.39 is 17.9 Å². The summed E-state index contributed by atoms with van der Waals surface area (Å²) in [6, 6.07) is 11.4. The van der Waals surface area contributed by atoms with Crippen LogP contribution in [0.1, 0.15) is 54.0 Å². The minimum atomic E-state index is -0.914. The summed E-state index contributed by atoms with van der Waals surface area (Å²) < 4.78 is 18.3. The monoisotopic (exact) mass is 479 g/mol. The van der Waals surface area contributed by atoms with Crippen molar-refractivity contribution >= 4 is 28.6 Å². The molecule has 1 aliphatic rings. The van der Waals surface area contributed by atoms with Gasteiger partial charge in [0.1, 0.15) is 5.82 Å². The first-order chi connectivity index (χ1) is 16.6. The lowest BCUT2D eigenvalue weighted by Crippen LogP contribution is -2.57. The molecule has 1 amide bonds. The number of amides is 1. The van der Waals surface area contributed by atoms with Crippen molar-refractivity contribution in [3.8, 4) is 0 Å². The molecular formula is C27H30FN3O4. The summed E-state index contributed by atoms with van der Waals surface area (Å²) in [5.74, 6) is -2.04. The van der Waals surface area contributed by atoms with Crippen molar-refractivity contribution in [2.75, 3.05) is 13.1 Å². The second kappa shape index (κ2) is 10.00. The van der Waals surface area contributed by atoms with Gasteiger partial charge in [-0.1, -0.05) is 12.1 Å². The van der Waals surface area contributed by atoms with Gasteiger partial charge in [0, 0.05) is 54.4 Å². The van der Waals surface area contributed by atoms with Crippen LogP contribution < -0.4 is 0 Å². The molecule has 2 heterocycles. The largest absolute Gasteiger partial charge is 0.457 e. The molecule has 0 radical (unpaired) electrons. The number of carbonyl (C=O) groups is 3. The Morgan fingerprint density at radius 1 is 1.06 bits per heavy atom. The number of Topliss-reactive ketones (excluding diaryl/α,β-unsaturated/α-hetero) is 1. The smallest absolute Gasteiger partial charge is 0.379 e. The lowest BCUT2D eigenvalue weighted by atomic mass is 10.0. The number of benzene rings is 2. The van der Waals surface area contributed by atoms with Gasteiger partial charge in [0.05, 0.1) is 11.7 Å². The lowest BCUT2D eigenvalue weighted by Gasteiger charge is -2.44. The number of fused-ring (bicyclic) bond motifs is 1. The number of nitrogens with one attached hydrogen (secondary N) is 1. The number of piperazine rings is 1. The Bertz CT molecular complexity index is 1250. The van der Waals surface area contributed by atoms with Gasteiger partial charge < -0.3 is 14.6 Å². The number of esters is 1. The number of halogens is 1. The molecule has 1 aliphatic heterocycles. The zero-order chi connectivity index (χ0) is 25.3.